The third-order valence-electron chi connectivity index (χ3n) is 3.18. The number of aromatic nitrogens is 2. The van der Waals surface area contributed by atoms with Crippen molar-refractivity contribution in [3.63, 3.8) is 0 Å². The molecule has 0 atom stereocenters. The van der Waals surface area contributed by atoms with Gasteiger partial charge in [-0.3, -0.25) is 0 Å². The van der Waals surface area contributed by atoms with Gasteiger partial charge in [-0.2, -0.15) is 0 Å². The van der Waals surface area contributed by atoms with Crippen molar-refractivity contribution >= 4 is 39.5 Å². The van der Waals surface area contributed by atoms with Crippen LogP contribution in [0.25, 0.3) is 15.7 Å². The summed E-state index contributed by atoms with van der Waals surface area (Å²) in [4.78, 5) is 7.42. The zero-order chi connectivity index (χ0) is 15.0. The smallest absolute Gasteiger partial charge is 0.278 e. The first-order chi connectivity index (χ1) is 10.1. The number of nitrogens with zero attached hydrogens (tertiary/aromatic N) is 3. The molecule has 0 bridgehead atoms. The van der Waals surface area contributed by atoms with E-state index in [4.69, 9.17) is 18.2 Å². The lowest BCUT2D eigenvalue weighted by Gasteiger charge is -2.09. The van der Waals surface area contributed by atoms with E-state index in [0.29, 0.717) is 16.6 Å². The van der Waals surface area contributed by atoms with Crippen LogP contribution in [-0.4, -0.2) is 9.55 Å². The molecule has 0 saturated carbocycles. The molecule has 106 valence electrons. The molecular weight excluding hydrogens is 316 g/mol. The van der Waals surface area contributed by atoms with Crippen LogP contribution in [0.2, 0.25) is 5.02 Å². The van der Waals surface area contributed by atoms with Crippen molar-refractivity contribution in [3.05, 3.63) is 56.9 Å². The lowest BCUT2D eigenvalue weighted by Crippen LogP contribution is -2.04. The van der Waals surface area contributed by atoms with Crippen LogP contribution < -0.4 is 0 Å². The fourth-order valence-electron chi connectivity index (χ4n) is 2.23. The highest BCUT2D eigenvalue weighted by molar-refractivity contribution is 7.07. The molecule has 3 nitrogen and oxygen atoms in total. The topological polar surface area (TPSA) is 22.2 Å². The normalized spacial score (nSPS) is 11.2. The average molecular weight is 324 g/mol. The first-order valence-electron chi connectivity index (χ1n) is 5.96. The van der Waals surface area contributed by atoms with E-state index in [1.54, 1.807) is 17.6 Å². The van der Waals surface area contributed by atoms with Crippen molar-refractivity contribution in [1.82, 2.24) is 9.55 Å². The summed E-state index contributed by atoms with van der Waals surface area (Å²) in [6, 6.07) is 4.54. The second-order valence-corrected chi connectivity index (χ2v) is 5.48. The molecule has 0 unspecified atom stereocenters. The average Bonchev–Trinajstić information content (AvgIpc) is 3.08. The van der Waals surface area contributed by atoms with E-state index in [-0.39, 0.29) is 22.9 Å². The predicted octanol–water partition coefficient (Wildman–Crippen LogP) is 5.29. The summed E-state index contributed by atoms with van der Waals surface area (Å²) in [5.74, 6) is 0. The molecule has 3 rings (SSSR count). The minimum Gasteiger partial charge on any atom is -0.334 e. The maximum atomic E-state index is 13.3. The molecule has 0 N–H and O–H groups in total. The Morgan fingerprint density at radius 1 is 1.43 bits per heavy atom. The van der Waals surface area contributed by atoms with Crippen molar-refractivity contribution in [2.45, 2.75) is 13.0 Å². The van der Waals surface area contributed by atoms with Gasteiger partial charge in [0.1, 0.15) is 0 Å². The number of thiazole rings is 1. The third-order valence-corrected chi connectivity index (χ3v) is 4.21. The summed E-state index contributed by atoms with van der Waals surface area (Å²) in [6.07, 6.45) is -2.62. The van der Waals surface area contributed by atoms with Gasteiger partial charge >= 0.3 is 0 Å². The molecule has 0 amide bonds. The molecule has 0 fully saturated rings. The SMILES string of the molecule is [C-]#[N+]c1ccc2c(cc(C(F)F)n2Cc2cscn2)c1Cl. The second kappa shape index (κ2) is 5.43. The Balaban J connectivity index is 2.23. The van der Waals surface area contributed by atoms with Gasteiger partial charge in [0.15, 0.2) is 0 Å². The molecular formula is C14H8ClF2N3S. The number of alkyl halides is 2. The third kappa shape index (κ3) is 2.39. The van der Waals surface area contributed by atoms with Crippen LogP contribution in [0.15, 0.2) is 29.1 Å². The molecule has 2 aromatic heterocycles. The van der Waals surface area contributed by atoms with Gasteiger partial charge in [-0.05, 0) is 12.1 Å². The minimum absolute atomic E-state index is 0.123. The molecule has 0 saturated heterocycles. The predicted molar refractivity (Wildman–Crippen MR) is 79.4 cm³/mol. The summed E-state index contributed by atoms with van der Waals surface area (Å²) in [7, 11) is 0. The first kappa shape index (κ1) is 14.0. The summed E-state index contributed by atoms with van der Waals surface area (Å²) >= 11 is 7.54. The monoisotopic (exact) mass is 323 g/mol. The van der Waals surface area contributed by atoms with Gasteiger partial charge in [0.05, 0.1) is 35.0 Å². The summed E-state index contributed by atoms with van der Waals surface area (Å²) in [5, 5.41) is 2.49. The van der Waals surface area contributed by atoms with Crippen LogP contribution >= 0.6 is 22.9 Å². The Labute approximate surface area is 128 Å². The zero-order valence-electron chi connectivity index (χ0n) is 10.6. The number of fused-ring (bicyclic) bond motifs is 1. The molecule has 21 heavy (non-hydrogen) atoms. The van der Waals surface area contributed by atoms with Gasteiger partial charge < -0.3 is 4.57 Å². The number of rotatable bonds is 3. The zero-order valence-corrected chi connectivity index (χ0v) is 12.1. The lowest BCUT2D eigenvalue weighted by atomic mass is 10.2. The van der Waals surface area contributed by atoms with Gasteiger partial charge in [-0.1, -0.05) is 17.7 Å². The van der Waals surface area contributed by atoms with Crippen LogP contribution in [0.1, 0.15) is 17.8 Å². The quantitative estimate of drug-likeness (QED) is 0.600. The van der Waals surface area contributed by atoms with E-state index in [0.717, 1.165) is 0 Å². The Hall–Kier alpha value is -1.97. The van der Waals surface area contributed by atoms with E-state index < -0.39 is 6.43 Å². The highest BCUT2D eigenvalue weighted by Crippen LogP contribution is 2.37. The van der Waals surface area contributed by atoms with Crippen molar-refractivity contribution in [1.29, 1.82) is 0 Å². The molecule has 0 aliphatic heterocycles. The van der Waals surface area contributed by atoms with E-state index in [1.165, 1.54) is 22.0 Å². The Bertz CT molecular complexity index is 834. The standard InChI is InChI=1S/C14H8ClF2N3S/c1-18-10-2-3-11-9(13(10)15)4-12(14(16)17)20(11)5-8-6-21-7-19-8/h2-4,6-7,14H,5H2. The number of hydrogen-bond donors (Lipinski definition) is 0. The van der Waals surface area contributed by atoms with E-state index in [9.17, 15) is 8.78 Å². The van der Waals surface area contributed by atoms with Crippen LogP contribution in [0.4, 0.5) is 14.5 Å². The number of hydrogen-bond acceptors (Lipinski definition) is 2. The molecule has 2 heterocycles. The van der Waals surface area contributed by atoms with Crippen molar-refractivity contribution < 1.29 is 8.78 Å². The molecule has 0 radical (unpaired) electrons. The van der Waals surface area contributed by atoms with Crippen LogP contribution in [0.3, 0.4) is 0 Å². The molecule has 7 heteroatoms. The first-order valence-corrected chi connectivity index (χ1v) is 7.28. The van der Waals surface area contributed by atoms with Gasteiger partial charge in [0.2, 0.25) is 5.69 Å². The van der Waals surface area contributed by atoms with Gasteiger partial charge in [0.25, 0.3) is 6.43 Å². The molecule has 0 aliphatic carbocycles. The Morgan fingerprint density at radius 3 is 2.86 bits per heavy atom. The van der Waals surface area contributed by atoms with Gasteiger partial charge in [-0.15, -0.1) is 11.3 Å². The van der Waals surface area contributed by atoms with Crippen molar-refractivity contribution in [3.8, 4) is 0 Å². The molecule has 0 spiro atoms. The van der Waals surface area contributed by atoms with E-state index >= 15 is 0 Å². The Morgan fingerprint density at radius 2 is 2.24 bits per heavy atom. The second-order valence-electron chi connectivity index (χ2n) is 4.38. The lowest BCUT2D eigenvalue weighted by molar-refractivity contribution is 0.142. The Kier molecular flexibility index (Phi) is 3.62. The van der Waals surface area contributed by atoms with Crippen molar-refractivity contribution in [2.75, 3.05) is 0 Å². The minimum atomic E-state index is -2.62. The highest BCUT2D eigenvalue weighted by atomic mass is 35.5. The maximum absolute atomic E-state index is 13.3. The fourth-order valence-corrected chi connectivity index (χ4v) is 3.04. The molecule has 1 aromatic carbocycles. The van der Waals surface area contributed by atoms with E-state index in [1.807, 2.05) is 5.38 Å². The van der Waals surface area contributed by atoms with Crippen molar-refractivity contribution in [2.24, 2.45) is 0 Å². The molecule has 0 aliphatic rings. The van der Waals surface area contributed by atoms with Crippen LogP contribution in [-0.2, 0) is 6.54 Å². The fraction of sp³-hybridized carbons (Fsp3) is 0.143. The van der Waals surface area contributed by atoms with Gasteiger partial charge in [0, 0.05) is 16.3 Å². The van der Waals surface area contributed by atoms with Gasteiger partial charge in [-0.25, -0.2) is 18.6 Å². The highest BCUT2D eigenvalue weighted by Gasteiger charge is 2.20. The number of halogens is 3. The molecule has 3 aromatic rings. The number of benzene rings is 1. The summed E-state index contributed by atoms with van der Waals surface area (Å²) in [6.45, 7) is 7.29. The summed E-state index contributed by atoms with van der Waals surface area (Å²) in [5.41, 5.74) is 3.09. The summed E-state index contributed by atoms with van der Waals surface area (Å²) < 4.78 is 28.0. The maximum Gasteiger partial charge on any atom is 0.278 e. The van der Waals surface area contributed by atoms with Crippen LogP contribution in [0, 0.1) is 6.57 Å². The largest absolute Gasteiger partial charge is 0.334 e. The van der Waals surface area contributed by atoms with E-state index in [2.05, 4.69) is 9.83 Å². The van der Waals surface area contributed by atoms with Crippen LogP contribution in [0.5, 0.6) is 0 Å².